The molecule has 1 saturated carbocycles. The molecule has 1 fully saturated rings. The summed E-state index contributed by atoms with van der Waals surface area (Å²) in [6, 6.07) is 5.63. The highest BCUT2D eigenvalue weighted by molar-refractivity contribution is 5.91. The molecule has 1 heterocycles. The van der Waals surface area contributed by atoms with Crippen molar-refractivity contribution in [3.63, 3.8) is 0 Å². The Hall–Kier alpha value is -1.55. The van der Waals surface area contributed by atoms with Gasteiger partial charge in [-0.1, -0.05) is 6.07 Å². The van der Waals surface area contributed by atoms with Crippen LogP contribution in [0.3, 0.4) is 0 Å². The SMILES string of the molecule is O=C(O)c1cccc2c1CCCN2C1CCCC1O. The van der Waals surface area contributed by atoms with Gasteiger partial charge in [0, 0.05) is 12.2 Å². The number of carboxylic acid groups (broad SMARTS) is 1. The van der Waals surface area contributed by atoms with Crippen LogP contribution in [0.2, 0.25) is 0 Å². The summed E-state index contributed by atoms with van der Waals surface area (Å²) in [6.45, 7) is 0.914. The highest BCUT2D eigenvalue weighted by atomic mass is 16.4. The van der Waals surface area contributed by atoms with Crippen molar-refractivity contribution in [1.29, 1.82) is 0 Å². The Morgan fingerprint density at radius 3 is 2.79 bits per heavy atom. The normalized spacial score (nSPS) is 26.3. The molecule has 1 aromatic carbocycles. The number of rotatable bonds is 2. The topological polar surface area (TPSA) is 60.8 Å². The van der Waals surface area contributed by atoms with E-state index in [9.17, 15) is 15.0 Å². The lowest BCUT2D eigenvalue weighted by molar-refractivity contribution is 0.0695. The van der Waals surface area contributed by atoms with Crippen LogP contribution >= 0.6 is 0 Å². The number of anilines is 1. The molecule has 1 aliphatic carbocycles. The molecule has 19 heavy (non-hydrogen) atoms. The number of aliphatic hydroxyl groups is 1. The Balaban J connectivity index is 2.00. The maximum absolute atomic E-state index is 11.3. The summed E-state index contributed by atoms with van der Waals surface area (Å²) in [6.07, 6.45) is 4.40. The molecule has 0 spiro atoms. The van der Waals surface area contributed by atoms with Gasteiger partial charge in [0.1, 0.15) is 0 Å². The average Bonchev–Trinajstić information content (AvgIpc) is 2.83. The quantitative estimate of drug-likeness (QED) is 0.855. The summed E-state index contributed by atoms with van der Waals surface area (Å²) in [5.74, 6) is -0.856. The highest BCUT2D eigenvalue weighted by Crippen LogP contribution is 2.35. The number of fused-ring (bicyclic) bond motifs is 1. The van der Waals surface area contributed by atoms with Gasteiger partial charge in [-0.05, 0) is 49.8 Å². The molecule has 2 N–H and O–H groups in total. The monoisotopic (exact) mass is 261 g/mol. The lowest BCUT2D eigenvalue weighted by Gasteiger charge is -2.38. The van der Waals surface area contributed by atoms with Gasteiger partial charge in [-0.3, -0.25) is 0 Å². The molecule has 2 aliphatic rings. The molecule has 102 valence electrons. The number of hydrogen-bond donors (Lipinski definition) is 2. The van der Waals surface area contributed by atoms with Crippen LogP contribution in [0, 0.1) is 0 Å². The lowest BCUT2D eigenvalue weighted by atomic mass is 9.94. The first-order chi connectivity index (χ1) is 9.18. The molecule has 4 heteroatoms. The van der Waals surface area contributed by atoms with Gasteiger partial charge in [0.15, 0.2) is 0 Å². The Bertz CT molecular complexity index is 500. The number of hydrogen-bond acceptors (Lipinski definition) is 3. The Morgan fingerprint density at radius 2 is 2.11 bits per heavy atom. The van der Waals surface area contributed by atoms with Crippen LogP contribution in [-0.2, 0) is 6.42 Å². The number of aliphatic hydroxyl groups excluding tert-OH is 1. The minimum Gasteiger partial charge on any atom is -0.478 e. The molecule has 0 bridgehead atoms. The van der Waals surface area contributed by atoms with Crippen molar-refractivity contribution in [3.8, 4) is 0 Å². The molecular formula is C15H19NO3. The zero-order valence-corrected chi connectivity index (χ0v) is 10.9. The number of benzene rings is 1. The second-order valence-corrected chi connectivity index (χ2v) is 5.47. The zero-order valence-electron chi connectivity index (χ0n) is 10.9. The van der Waals surface area contributed by atoms with E-state index in [1.807, 2.05) is 12.1 Å². The molecule has 0 aromatic heterocycles. The van der Waals surface area contributed by atoms with E-state index in [0.29, 0.717) is 5.56 Å². The van der Waals surface area contributed by atoms with Crippen molar-refractivity contribution in [2.75, 3.05) is 11.4 Å². The van der Waals surface area contributed by atoms with Crippen LogP contribution in [0.15, 0.2) is 18.2 Å². The number of aromatic carboxylic acids is 1. The van der Waals surface area contributed by atoms with Crippen LogP contribution in [0.1, 0.15) is 41.6 Å². The molecule has 0 amide bonds. The van der Waals surface area contributed by atoms with E-state index >= 15 is 0 Å². The maximum atomic E-state index is 11.3. The fourth-order valence-corrected chi connectivity index (χ4v) is 3.48. The number of nitrogens with zero attached hydrogens (tertiary/aromatic N) is 1. The summed E-state index contributed by atoms with van der Waals surface area (Å²) in [5.41, 5.74) is 2.35. The van der Waals surface area contributed by atoms with E-state index in [2.05, 4.69) is 4.90 Å². The van der Waals surface area contributed by atoms with Crippen molar-refractivity contribution < 1.29 is 15.0 Å². The molecule has 2 atom stereocenters. The van der Waals surface area contributed by atoms with Gasteiger partial charge in [0.2, 0.25) is 0 Å². The fourth-order valence-electron chi connectivity index (χ4n) is 3.48. The van der Waals surface area contributed by atoms with Gasteiger partial charge in [0.25, 0.3) is 0 Å². The lowest BCUT2D eigenvalue weighted by Crippen LogP contribution is -2.43. The van der Waals surface area contributed by atoms with Gasteiger partial charge >= 0.3 is 5.97 Å². The van der Waals surface area contributed by atoms with Gasteiger partial charge < -0.3 is 15.1 Å². The van der Waals surface area contributed by atoms with E-state index in [4.69, 9.17) is 0 Å². The van der Waals surface area contributed by atoms with E-state index < -0.39 is 5.97 Å². The minimum absolute atomic E-state index is 0.156. The summed E-state index contributed by atoms with van der Waals surface area (Å²) < 4.78 is 0. The van der Waals surface area contributed by atoms with Crippen LogP contribution in [-0.4, -0.2) is 34.9 Å². The van der Waals surface area contributed by atoms with E-state index in [0.717, 1.165) is 49.9 Å². The second-order valence-electron chi connectivity index (χ2n) is 5.47. The van der Waals surface area contributed by atoms with Crippen molar-refractivity contribution in [2.45, 2.75) is 44.2 Å². The smallest absolute Gasteiger partial charge is 0.336 e. The second kappa shape index (κ2) is 4.85. The predicted molar refractivity (Wildman–Crippen MR) is 72.7 cm³/mol. The molecule has 1 aromatic rings. The summed E-state index contributed by atoms with van der Waals surface area (Å²) in [5, 5.41) is 19.4. The van der Waals surface area contributed by atoms with Crippen molar-refractivity contribution >= 4 is 11.7 Å². The van der Waals surface area contributed by atoms with Crippen LogP contribution < -0.4 is 4.90 Å². The molecule has 4 nitrogen and oxygen atoms in total. The van der Waals surface area contributed by atoms with E-state index in [-0.39, 0.29) is 12.1 Å². The van der Waals surface area contributed by atoms with Crippen LogP contribution in [0.5, 0.6) is 0 Å². The Morgan fingerprint density at radius 1 is 1.26 bits per heavy atom. The third kappa shape index (κ3) is 2.10. The molecule has 0 radical (unpaired) electrons. The zero-order chi connectivity index (χ0) is 13.4. The van der Waals surface area contributed by atoms with Gasteiger partial charge in [-0.15, -0.1) is 0 Å². The first-order valence-electron chi connectivity index (χ1n) is 6.98. The number of carbonyl (C=O) groups is 1. The Labute approximate surface area is 112 Å². The maximum Gasteiger partial charge on any atom is 0.336 e. The largest absolute Gasteiger partial charge is 0.478 e. The summed E-state index contributed by atoms with van der Waals surface area (Å²) in [4.78, 5) is 13.5. The fraction of sp³-hybridized carbons (Fsp3) is 0.533. The molecule has 0 saturated heterocycles. The molecule has 2 unspecified atom stereocenters. The van der Waals surface area contributed by atoms with Gasteiger partial charge in [-0.2, -0.15) is 0 Å². The van der Waals surface area contributed by atoms with Crippen molar-refractivity contribution in [3.05, 3.63) is 29.3 Å². The number of carboxylic acids is 1. The predicted octanol–water partition coefficient (Wildman–Crippen LogP) is 2.05. The van der Waals surface area contributed by atoms with E-state index in [1.54, 1.807) is 6.07 Å². The van der Waals surface area contributed by atoms with Crippen LogP contribution in [0.4, 0.5) is 5.69 Å². The van der Waals surface area contributed by atoms with Gasteiger partial charge in [0.05, 0.1) is 17.7 Å². The van der Waals surface area contributed by atoms with Crippen molar-refractivity contribution in [1.82, 2.24) is 0 Å². The first kappa shape index (κ1) is 12.5. The standard InChI is InChI=1S/C15H19NO3/c17-14-8-2-7-13(14)16-9-3-5-10-11(15(18)19)4-1-6-12(10)16/h1,4,6,13-14,17H,2-3,5,7-9H2,(H,18,19). The highest BCUT2D eigenvalue weighted by Gasteiger charge is 2.33. The third-order valence-electron chi connectivity index (χ3n) is 4.36. The molecular weight excluding hydrogens is 242 g/mol. The van der Waals surface area contributed by atoms with E-state index in [1.165, 1.54) is 0 Å². The molecule has 3 rings (SSSR count). The van der Waals surface area contributed by atoms with Crippen LogP contribution in [0.25, 0.3) is 0 Å². The molecule has 1 aliphatic heterocycles. The first-order valence-corrected chi connectivity index (χ1v) is 6.98. The summed E-state index contributed by atoms with van der Waals surface area (Å²) >= 11 is 0. The summed E-state index contributed by atoms with van der Waals surface area (Å²) in [7, 11) is 0. The third-order valence-corrected chi connectivity index (χ3v) is 4.36. The van der Waals surface area contributed by atoms with Crippen molar-refractivity contribution in [2.24, 2.45) is 0 Å². The average molecular weight is 261 g/mol. The minimum atomic E-state index is -0.856. The van der Waals surface area contributed by atoms with Gasteiger partial charge in [-0.25, -0.2) is 4.79 Å². The Kier molecular flexibility index (Phi) is 3.19.